The maximum Gasteiger partial charge on any atom is 0.234 e. The van der Waals surface area contributed by atoms with Gasteiger partial charge in [-0.25, -0.2) is 0 Å². The van der Waals surface area contributed by atoms with E-state index in [9.17, 15) is 9.90 Å². The fourth-order valence-electron chi connectivity index (χ4n) is 2.87. The Balaban J connectivity index is 1.99. The highest BCUT2D eigenvalue weighted by atomic mass is 32.1. The zero-order valence-corrected chi connectivity index (χ0v) is 13.9. The van der Waals surface area contributed by atoms with Crippen molar-refractivity contribution in [2.45, 2.75) is 45.7 Å². The molecule has 2 atom stereocenters. The SMILES string of the molecule is CC(C)(C)C(NC(=O)CN1CCC[C@@H]1CO)c1cccs1. The zero-order chi connectivity index (χ0) is 15.5. The molecule has 21 heavy (non-hydrogen) atoms. The van der Waals surface area contributed by atoms with Gasteiger partial charge >= 0.3 is 0 Å². The van der Waals surface area contributed by atoms with Crippen molar-refractivity contribution in [1.82, 2.24) is 10.2 Å². The molecule has 0 aromatic carbocycles. The number of thiophene rings is 1. The van der Waals surface area contributed by atoms with Crippen LogP contribution in [0, 0.1) is 5.41 Å². The van der Waals surface area contributed by atoms with Crippen LogP contribution < -0.4 is 5.32 Å². The fraction of sp³-hybridized carbons (Fsp3) is 0.688. The van der Waals surface area contributed by atoms with Gasteiger partial charge in [0, 0.05) is 10.9 Å². The Bertz CT molecular complexity index is 453. The third-order valence-corrected chi connectivity index (χ3v) is 4.99. The summed E-state index contributed by atoms with van der Waals surface area (Å²) in [6.07, 6.45) is 2.05. The number of rotatable bonds is 5. The Hall–Kier alpha value is -0.910. The van der Waals surface area contributed by atoms with Crippen LogP contribution in [0.5, 0.6) is 0 Å². The molecule has 1 fully saturated rings. The molecule has 5 heteroatoms. The molecule has 2 heterocycles. The van der Waals surface area contributed by atoms with Crippen molar-refractivity contribution in [2.24, 2.45) is 5.41 Å². The minimum Gasteiger partial charge on any atom is -0.395 e. The molecule has 0 radical (unpaired) electrons. The fourth-order valence-corrected chi connectivity index (χ4v) is 3.89. The smallest absolute Gasteiger partial charge is 0.234 e. The molecular formula is C16H26N2O2S. The number of aliphatic hydroxyl groups excluding tert-OH is 1. The van der Waals surface area contributed by atoms with E-state index in [1.54, 1.807) is 11.3 Å². The monoisotopic (exact) mass is 310 g/mol. The summed E-state index contributed by atoms with van der Waals surface area (Å²) in [6, 6.07) is 4.27. The van der Waals surface area contributed by atoms with Gasteiger partial charge in [0.15, 0.2) is 0 Å². The van der Waals surface area contributed by atoms with E-state index < -0.39 is 0 Å². The maximum absolute atomic E-state index is 12.4. The summed E-state index contributed by atoms with van der Waals surface area (Å²) in [4.78, 5) is 15.7. The maximum atomic E-state index is 12.4. The molecule has 0 aliphatic carbocycles. The lowest BCUT2D eigenvalue weighted by atomic mass is 9.85. The minimum atomic E-state index is -0.0259. The topological polar surface area (TPSA) is 52.6 Å². The lowest BCUT2D eigenvalue weighted by Gasteiger charge is -2.32. The van der Waals surface area contributed by atoms with Crippen LogP contribution in [0.2, 0.25) is 0 Å². The van der Waals surface area contributed by atoms with Crippen molar-refractivity contribution in [2.75, 3.05) is 19.7 Å². The predicted octanol–water partition coefficient (Wildman–Crippen LogP) is 2.41. The molecule has 2 N–H and O–H groups in total. The normalized spacial score (nSPS) is 21.4. The van der Waals surface area contributed by atoms with Gasteiger partial charge in [0.1, 0.15) is 0 Å². The second kappa shape index (κ2) is 6.90. The number of aliphatic hydroxyl groups is 1. The van der Waals surface area contributed by atoms with Gasteiger partial charge in [-0.2, -0.15) is 0 Å². The van der Waals surface area contributed by atoms with Crippen molar-refractivity contribution in [3.63, 3.8) is 0 Å². The number of nitrogens with zero attached hydrogens (tertiary/aromatic N) is 1. The average molecular weight is 310 g/mol. The van der Waals surface area contributed by atoms with E-state index in [2.05, 4.69) is 37.1 Å². The summed E-state index contributed by atoms with van der Waals surface area (Å²) in [7, 11) is 0. The van der Waals surface area contributed by atoms with Crippen molar-refractivity contribution in [3.05, 3.63) is 22.4 Å². The molecule has 0 spiro atoms. The molecule has 1 amide bonds. The van der Waals surface area contributed by atoms with Crippen LogP contribution in [0.15, 0.2) is 17.5 Å². The van der Waals surface area contributed by atoms with Gasteiger partial charge in [-0.05, 0) is 36.2 Å². The highest BCUT2D eigenvalue weighted by molar-refractivity contribution is 7.10. The molecule has 1 unspecified atom stereocenters. The Morgan fingerprint density at radius 3 is 2.90 bits per heavy atom. The Morgan fingerprint density at radius 1 is 1.57 bits per heavy atom. The molecule has 0 bridgehead atoms. The van der Waals surface area contributed by atoms with E-state index in [1.165, 1.54) is 4.88 Å². The van der Waals surface area contributed by atoms with E-state index in [1.807, 2.05) is 11.4 Å². The van der Waals surface area contributed by atoms with Gasteiger partial charge in [0.2, 0.25) is 5.91 Å². The third kappa shape index (κ3) is 4.28. The van der Waals surface area contributed by atoms with Crippen molar-refractivity contribution >= 4 is 17.2 Å². The Labute approximate surface area is 131 Å². The quantitative estimate of drug-likeness (QED) is 0.878. The lowest BCUT2D eigenvalue weighted by molar-refractivity contribution is -0.124. The lowest BCUT2D eigenvalue weighted by Crippen LogP contribution is -2.44. The second-order valence-electron chi connectivity index (χ2n) is 6.83. The number of hydrogen-bond donors (Lipinski definition) is 2. The third-order valence-electron chi connectivity index (χ3n) is 4.06. The summed E-state index contributed by atoms with van der Waals surface area (Å²) < 4.78 is 0. The first kappa shape index (κ1) is 16.5. The van der Waals surface area contributed by atoms with Crippen LogP contribution in [0.25, 0.3) is 0 Å². The summed E-state index contributed by atoms with van der Waals surface area (Å²) in [6.45, 7) is 7.85. The zero-order valence-electron chi connectivity index (χ0n) is 13.1. The van der Waals surface area contributed by atoms with Crippen LogP contribution in [-0.4, -0.2) is 41.7 Å². The average Bonchev–Trinajstić information content (AvgIpc) is 3.05. The number of amides is 1. The predicted molar refractivity (Wildman–Crippen MR) is 86.3 cm³/mol. The molecule has 4 nitrogen and oxygen atoms in total. The Kier molecular flexibility index (Phi) is 5.41. The van der Waals surface area contributed by atoms with E-state index in [-0.39, 0.29) is 30.0 Å². The second-order valence-corrected chi connectivity index (χ2v) is 7.81. The van der Waals surface area contributed by atoms with Crippen LogP contribution in [0.4, 0.5) is 0 Å². The standard InChI is InChI=1S/C16H26N2O2S/c1-16(2,3)15(13-7-5-9-21-13)17-14(20)10-18-8-4-6-12(18)11-19/h5,7,9,12,15,19H,4,6,8,10-11H2,1-3H3,(H,17,20)/t12-,15?/m1/s1. The van der Waals surface area contributed by atoms with Crippen molar-refractivity contribution in [1.29, 1.82) is 0 Å². The number of nitrogens with one attached hydrogen (secondary N) is 1. The van der Waals surface area contributed by atoms with Gasteiger partial charge in [-0.3, -0.25) is 9.69 Å². The molecule has 2 rings (SSSR count). The van der Waals surface area contributed by atoms with Gasteiger partial charge in [-0.15, -0.1) is 11.3 Å². The summed E-state index contributed by atoms with van der Waals surface area (Å²) in [5.74, 6) is 0.0451. The van der Waals surface area contributed by atoms with E-state index in [0.29, 0.717) is 6.54 Å². The highest BCUT2D eigenvalue weighted by Crippen LogP contribution is 2.35. The summed E-state index contributed by atoms with van der Waals surface area (Å²) in [5, 5.41) is 14.6. The molecular weight excluding hydrogens is 284 g/mol. The molecule has 1 saturated heterocycles. The number of carbonyl (C=O) groups is 1. The van der Waals surface area contributed by atoms with Gasteiger partial charge in [0.05, 0.1) is 19.2 Å². The van der Waals surface area contributed by atoms with Crippen molar-refractivity contribution in [3.8, 4) is 0 Å². The van der Waals surface area contributed by atoms with E-state index in [4.69, 9.17) is 0 Å². The van der Waals surface area contributed by atoms with Gasteiger partial charge in [0.25, 0.3) is 0 Å². The molecule has 1 aromatic rings. The Morgan fingerprint density at radius 2 is 2.33 bits per heavy atom. The minimum absolute atomic E-state index is 0.0259. The van der Waals surface area contributed by atoms with Crippen LogP contribution in [0.1, 0.15) is 44.5 Å². The van der Waals surface area contributed by atoms with Crippen LogP contribution in [-0.2, 0) is 4.79 Å². The first-order valence-electron chi connectivity index (χ1n) is 7.59. The van der Waals surface area contributed by atoms with Crippen molar-refractivity contribution < 1.29 is 9.90 Å². The van der Waals surface area contributed by atoms with Gasteiger partial charge < -0.3 is 10.4 Å². The summed E-state index contributed by atoms with van der Waals surface area (Å²) >= 11 is 1.68. The first-order valence-corrected chi connectivity index (χ1v) is 8.47. The van der Waals surface area contributed by atoms with Crippen LogP contribution >= 0.6 is 11.3 Å². The number of hydrogen-bond acceptors (Lipinski definition) is 4. The number of likely N-dealkylation sites (tertiary alicyclic amines) is 1. The van der Waals surface area contributed by atoms with Gasteiger partial charge in [-0.1, -0.05) is 26.8 Å². The number of carbonyl (C=O) groups excluding carboxylic acids is 1. The summed E-state index contributed by atoms with van der Waals surface area (Å²) in [5.41, 5.74) is -0.0259. The highest BCUT2D eigenvalue weighted by Gasteiger charge is 2.31. The molecule has 118 valence electrons. The largest absolute Gasteiger partial charge is 0.395 e. The van der Waals surface area contributed by atoms with E-state index >= 15 is 0 Å². The first-order chi connectivity index (χ1) is 9.91. The van der Waals surface area contributed by atoms with E-state index in [0.717, 1.165) is 19.4 Å². The van der Waals surface area contributed by atoms with Crippen LogP contribution in [0.3, 0.4) is 0 Å². The molecule has 1 aliphatic heterocycles. The molecule has 1 aromatic heterocycles. The molecule has 0 saturated carbocycles. The molecule has 1 aliphatic rings.